The van der Waals surface area contributed by atoms with Crippen LogP contribution in [0, 0.1) is 5.92 Å². The van der Waals surface area contributed by atoms with Crippen molar-refractivity contribution in [3.8, 4) is 11.5 Å². The number of nitrogens with one attached hydrogen (secondary N) is 1. The van der Waals surface area contributed by atoms with Crippen LogP contribution in [0.4, 0.5) is 0 Å². The zero-order chi connectivity index (χ0) is 23.6. The van der Waals surface area contributed by atoms with Gasteiger partial charge >= 0.3 is 5.97 Å². The molecule has 1 aliphatic heterocycles. The van der Waals surface area contributed by atoms with E-state index in [2.05, 4.69) is 5.32 Å². The Morgan fingerprint density at radius 1 is 1.09 bits per heavy atom. The van der Waals surface area contributed by atoms with Gasteiger partial charge in [-0.2, -0.15) is 0 Å². The standard InChI is InChI=1S/C25H30N2O6/c1-31-22-11-10-18(15-21(22)25(30)32-2)16-26-24(29)19-7-6-13-27(17-19)23(28)12-14-33-20-8-4-3-5-9-20/h3-5,8-11,15,19H,6-7,12-14,16-17H2,1-2H3,(H,26,29). The number of benzene rings is 2. The highest BCUT2D eigenvalue weighted by Crippen LogP contribution is 2.22. The Bertz CT molecular complexity index is 963. The average molecular weight is 455 g/mol. The molecule has 0 saturated carbocycles. The number of ether oxygens (including phenoxy) is 3. The molecule has 2 amide bonds. The van der Waals surface area contributed by atoms with Crippen molar-refractivity contribution in [1.82, 2.24) is 10.2 Å². The number of carbonyl (C=O) groups is 3. The zero-order valence-electron chi connectivity index (χ0n) is 19.0. The second-order valence-electron chi connectivity index (χ2n) is 7.83. The van der Waals surface area contributed by atoms with Gasteiger partial charge in [-0.1, -0.05) is 24.3 Å². The summed E-state index contributed by atoms with van der Waals surface area (Å²) in [7, 11) is 2.79. The van der Waals surface area contributed by atoms with Gasteiger partial charge in [-0.05, 0) is 42.7 Å². The van der Waals surface area contributed by atoms with Crippen LogP contribution in [0.1, 0.15) is 35.2 Å². The molecule has 2 aromatic carbocycles. The van der Waals surface area contributed by atoms with Crippen LogP contribution in [0.3, 0.4) is 0 Å². The summed E-state index contributed by atoms with van der Waals surface area (Å²) in [4.78, 5) is 39.0. The van der Waals surface area contributed by atoms with Gasteiger partial charge in [-0.25, -0.2) is 4.79 Å². The lowest BCUT2D eigenvalue weighted by Crippen LogP contribution is -2.45. The summed E-state index contributed by atoms with van der Waals surface area (Å²) >= 11 is 0. The van der Waals surface area contributed by atoms with Crippen LogP contribution in [0.5, 0.6) is 11.5 Å². The Kier molecular flexibility index (Phi) is 8.69. The normalized spacial score (nSPS) is 15.5. The fourth-order valence-corrected chi connectivity index (χ4v) is 3.82. The maximum atomic E-state index is 12.7. The lowest BCUT2D eigenvalue weighted by molar-refractivity contribution is -0.136. The Balaban J connectivity index is 1.49. The third-order valence-corrected chi connectivity index (χ3v) is 5.61. The highest BCUT2D eigenvalue weighted by molar-refractivity contribution is 5.92. The number of hydrogen-bond acceptors (Lipinski definition) is 6. The highest BCUT2D eigenvalue weighted by Gasteiger charge is 2.28. The maximum absolute atomic E-state index is 12.7. The van der Waals surface area contributed by atoms with Gasteiger partial charge in [-0.3, -0.25) is 9.59 Å². The van der Waals surface area contributed by atoms with Gasteiger partial charge in [0.1, 0.15) is 17.1 Å². The van der Waals surface area contributed by atoms with Gasteiger partial charge in [0, 0.05) is 19.6 Å². The third-order valence-electron chi connectivity index (χ3n) is 5.61. The first-order valence-electron chi connectivity index (χ1n) is 11.0. The monoisotopic (exact) mass is 454 g/mol. The molecule has 8 nitrogen and oxygen atoms in total. The summed E-state index contributed by atoms with van der Waals surface area (Å²) in [6, 6.07) is 14.5. The number of methoxy groups -OCH3 is 2. The Morgan fingerprint density at radius 2 is 1.88 bits per heavy atom. The van der Waals surface area contributed by atoms with E-state index < -0.39 is 5.97 Å². The molecule has 1 fully saturated rings. The molecule has 176 valence electrons. The van der Waals surface area contributed by atoms with Crippen molar-refractivity contribution < 1.29 is 28.6 Å². The summed E-state index contributed by atoms with van der Waals surface area (Å²) in [5.41, 5.74) is 1.06. The van der Waals surface area contributed by atoms with Crippen molar-refractivity contribution >= 4 is 17.8 Å². The van der Waals surface area contributed by atoms with Gasteiger partial charge in [0.2, 0.25) is 11.8 Å². The Labute approximate surface area is 193 Å². The largest absolute Gasteiger partial charge is 0.496 e. The molecule has 33 heavy (non-hydrogen) atoms. The first-order valence-corrected chi connectivity index (χ1v) is 11.0. The van der Waals surface area contributed by atoms with E-state index in [0.29, 0.717) is 31.0 Å². The lowest BCUT2D eigenvalue weighted by Gasteiger charge is -2.32. The summed E-state index contributed by atoms with van der Waals surface area (Å²) in [6.45, 7) is 1.61. The molecule has 1 saturated heterocycles. The number of likely N-dealkylation sites (tertiary alicyclic amines) is 1. The summed E-state index contributed by atoms with van der Waals surface area (Å²) in [5, 5.41) is 2.92. The molecule has 1 heterocycles. The van der Waals surface area contributed by atoms with Crippen LogP contribution >= 0.6 is 0 Å². The minimum Gasteiger partial charge on any atom is -0.496 e. The molecule has 2 aromatic rings. The van der Waals surface area contributed by atoms with Crippen molar-refractivity contribution in [3.63, 3.8) is 0 Å². The number of piperidine rings is 1. The van der Waals surface area contributed by atoms with Crippen LogP contribution < -0.4 is 14.8 Å². The molecule has 0 aromatic heterocycles. The molecule has 0 aliphatic carbocycles. The predicted molar refractivity (Wildman–Crippen MR) is 122 cm³/mol. The number of amides is 2. The van der Waals surface area contributed by atoms with Crippen LogP contribution in [0.15, 0.2) is 48.5 Å². The van der Waals surface area contributed by atoms with Crippen molar-refractivity contribution in [2.24, 2.45) is 5.92 Å². The van der Waals surface area contributed by atoms with E-state index in [1.165, 1.54) is 14.2 Å². The van der Waals surface area contributed by atoms with Crippen LogP contribution in [0.2, 0.25) is 0 Å². The second-order valence-corrected chi connectivity index (χ2v) is 7.83. The number of esters is 1. The summed E-state index contributed by atoms with van der Waals surface area (Å²) in [6.07, 6.45) is 1.77. The van der Waals surface area contributed by atoms with Crippen LogP contribution in [-0.4, -0.2) is 56.6 Å². The molecular formula is C25H30N2O6. The molecule has 1 unspecified atom stereocenters. The molecule has 0 bridgehead atoms. The predicted octanol–water partition coefficient (Wildman–Crippen LogP) is 2.81. The van der Waals surface area contributed by atoms with Crippen molar-refractivity contribution in [3.05, 3.63) is 59.7 Å². The third kappa shape index (κ3) is 6.71. The molecule has 1 atom stereocenters. The fraction of sp³-hybridized carbons (Fsp3) is 0.400. The van der Waals surface area contributed by atoms with Crippen molar-refractivity contribution in [2.75, 3.05) is 33.9 Å². The molecule has 1 N–H and O–H groups in total. The van der Waals surface area contributed by atoms with Crippen molar-refractivity contribution in [1.29, 1.82) is 0 Å². The van der Waals surface area contributed by atoms with Gasteiger partial charge in [-0.15, -0.1) is 0 Å². The smallest absolute Gasteiger partial charge is 0.341 e. The van der Waals surface area contributed by atoms with Gasteiger partial charge in [0.25, 0.3) is 0 Å². The average Bonchev–Trinajstić information content (AvgIpc) is 2.87. The molecule has 1 aliphatic rings. The minimum atomic E-state index is -0.502. The molecule has 0 radical (unpaired) electrons. The van der Waals surface area contributed by atoms with E-state index in [1.54, 1.807) is 23.1 Å². The first-order chi connectivity index (χ1) is 16.0. The van der Waals surface area contributed by atoms with Crippen molar-refractivity contribution in [2.45, 2.75) is 25.8 Å². The number of rotatable bonds is 9. The van der Waals surface area contributed by atoms with E-state index in [4.69, 9.17) is 14.2 Å². The van der Waals surface area contributed by atoms with Crippen LogP contribution in [-0.2, 0) is 20.9 Å². The quantitative estimate of drug-likeness (QED) is 0.586. The molecule has 8 heteroatoms. The maximum Gasteiger partial charge on any atom is 0.341 e. The Hall–Kier alpha value is -3.55. The number of para-hydroxylation sites is 1. The molecule has 0 spiro atoms. The number of carbonyl (C=O) groups excluding carboxylic acids is 3. The second kappa shape index (κ2) is 11.9. The SMILES string of the molecule is COC(=O)c1cc(CNC(=O)C2CCCN(C(=O)CCOc3ccccc3)C2)ccc1OC. The Morgan fingerprint density at radius 3 is 2.61 bits per heavy atom. The molecular weight excluding hydrogens is 424 g/mol. The van der Waals surface area contributed by atoms with Gasteiger partial charge in [0.05, 0.1) is 33.2 Å². The summed E-state index contributed by atoms with van der Waals surface area (Å²) in [5.74, 6) is 0.253. The highest BCUT2D eigenvalue weighted by atomic mass is 16.5. The van der Waals surface area contributed by atoms with Crippen LogP contribution in [0.25, 0.3) is 0 Å². The molecule has 3 rings (SSSR count). The minimum absolute atomic E-state index is 0.0127. The van der Waals surface area contributed by atoms with Gasteiger partial charge in [0.15, 0.2) is 0 Å². The van der Waals surface area contributed by atoms with E-state index in [-0.39, 0.29) is 30.7 Å². The van der Waals surface area contributed by atoms with E-state index in [1.807, 2.05) is 30.3 Å². The van der Waals surface area contributed by atoms with E-state index in [9.17, 15) is 14.4 Å². The number of hydrogen-bond donors (Lipinski definition) is 1. The summed E-state index contributed by atoms with van der Waals surface area (Å²) < 4.78 is 15.6. The van der Waals surface area contributed by atoms with E-state index in [0.717, 1.165) is 24.2 Å². The topological polar surface area (TPSA) is 94.2 Å². The lowest BCUT2D eigenvalue weighted by atomic mass is 9.96. The first kappa shape index (κ1) is 24.1. The van der Waals surface area contributed by atoms with Gasteiger partial charge < -0.3 is 24.4 Å². The van der Waals surface area contributed by atoms with E-state index >= 15 is 0 Å². The fourth-order valence-electron chi connectivity index (χ4n) is 3.82. The zero-order valence-corrected chi connectivity index (χ0v) is 19.0. The number of nitrogens with zero attached hydrogens (tertiary/aromatic N) is 1.